The summed E-state index contributed by atoms with van der Waals surface area (Å²) < 4.78 is 13.0. The molecule has 0 aliphatic rings. The SMILES string of the molecule is Cc1cc(F)ccc1C(=O)CSc1ccccc1Cl. The van der Waals surface area contributed by atoms with Crippen molar-refractivity contribution in [1.29, 1.82) is 0 Å². The molecule has 0 saturated heterocycles. The molecular formula is C15H12ClFOS. The van der Waals surface area contributed by atoms with Crippen molar-refractivity contribution in [3.63, 3.8) is 0 Å². The fourth-order valence-corrected chi connectivity index (χ4v) is 2.84. The van der Waals surface area contributed by atoms with Gasteiger partial charge in [0.1, 0.15) is 5.82 Å². The van der Waals surface area contributed by atoms with Crippen LogP contribution in [0.15, 0.2) is 47.4 Å². The number of carbonyl (C=O) groups is 1. The number of hydrogen-bond donors (Lipinski definition) is 0. The number of Topliss-reactive ketones (excluding diaryl/α,β-unsaturated/α-hetero) is 1. The first-order valence-corrected chi connectivity index (χ1v) is 7.11. The van der Waals surface area contributed by atoms with Crippen LogP contribution in [0.4, 0.5) is 4.39 Å². The van der Waals surface area contributed by atoms with E-state index in [4.69, 9.17) is 11.6 Å². The Labute approximate surface area is 120 Å². The molecule has 4 heteroatoms. The Bertz CT molecular complexity index is 613. The van der Waals surface area contributed by atoms with Gasteiger partial charge in [0.2, 0.25) is 0 Å². The summed E-state index contributed by atoms with van der Waals surface area (Å²) >= 11 is 7.41. The summed E-state index contributed by atoms with van der Waals surface area (Å²) in [5.74, 6) is -0.0637. The molecule has 2 rings (SSSR count). The third-order valence-electron chi connectivity index (χ3n) is 2.68. The van der Waals surface area contributed by atoms with Crippen LogP contribution in [0.25, 0.3) is 0 Å². The normalized spacial score (nSPS) is 10.5. The zero-order valence-electron chi connectivity index (χ0n) is 10.3. The lowest BCUT2D eigenvalue weighted by Crippen LogP contribution is -2.05. The summed E-state index contributed by atoms with van der Waals surface area (Å²) in [6.45, 7) is 1.73. The van der Waals surface area contributed by atoms with Crippen LogP contribution in [-0.4, -0.2) is 11.5 Å². The van der Waals surface area contributed by atoms with Gasteiger partial charge in [0.25, 0.3) is 0 Å². The van der Waals surface area contributed by atoms with E-state index in [1.54, 1.807) is 13.0 Å². The first-order valence-electron chi connectivity index (χ1n) is 5.74. The van der Waals surface area contributed by atoms with Crippen LogP contribution < -0.4 is 0 Å². The third-order valence-corrected chi connectivity index (χ3v) is 4.20. The highest BCUT2D eigenvalue weighted by atomic mass is 35.5. The summed E-state index contributed by atoms with van der Waals surface area (Å²) in [6, 6.07) is 11.6. The molecule has 19 heavy (non-hydrogen) atoms. The molecule has 0 atom stereocenters. The van der Waals surface area contributed by atoms with Crippen LogP contribution >= 0.6 is 23.4 Å². The number of hydrogen-bond acceptors (Lipinski definition) is 2. The maximum absolute atomic E-state index is 13.0. The predicted octanol–water partition coefficient (Wildman–Crippen LogP) is 4.76. The van der Waals surface area contributed by atoms with E-state index in [1.807, 2.05) is 18.2 Å². The van der Waals surface area contributed by atoms with E-state index >= 15 is 0 Å². The Morgan fingerprint density at radius 2 is 2.00 bits per heavy atom. The Kier molecular flexibility index (Phi) is 4.61. The van der Waals surface area contributed by atoms with Crippen molar-refractivity contribution in [3.05, 3.63) is 64.4 Å². The van der Waals surface area contributed by atoms with Gasteiger partial charge in [-0.15, -0.1) is 11.8 Å². The average Bonchev–Trinajstić information content (AvgIpc) is 2.37. The van der Waals surface area contributed by atoms with Gasteiger partial charge in [-0.05, 0) is 42.8 Å². The molecule has 2 aromatic carbocycles. The second-order valence-electron chi connectivity index (χ2n) is 4.10. The minimum atomic E-state index is -0.326. The number of halogens is 2. The lowest BCUT2D eigenvalue weighted by atomic mass is 10.1. The monoisotopic (exact) mass is 294 g/mol. The smallest absolute Gasteiger partial charge is 0.173 e. The lowest BCUT2D eigenvalue weighted by molar-refractivity contribution is 0.102. The number of benzene rings is 2. The molecule has 1 nitrogen and oxygen atoms in total. The van der Waals surface area contributed by atoms with Crippen molar-refractivity contribution >= 4 is 29.1 Å². The second kappa shape index (κ2) is 6.22. The first kappa shape index (κ1) is 14.1. The van der Waals surface area contributed by atoms with Crippen molar-refractivity contribution in [1.82, 2.24) is 0 Å². The molecule has 2 aromatic rings. The summed E-state index contributed by atoms with van der Waals surface area (Å²) in [5.41, 5.74) is 1.21. The number of ketones is 1. The van der Waals surface area contributed by atoms with Gasteiger partial charge in [0.15, 0.2) is 5.78 Å². The highest BCUT2D eigenvalue weighted by Crippen LogP contribution is 2.27. The molecule has 0 unspecified atom stereocenters. The predicted molar refractivity (Wildman–Crippen MR) is 77.6 cm³/mol. The zero-order chi connectivity index (χ0) is 13.8. The van der Waals surface area contributed by atoms with Gasteiger partial charge in [0.05, 0.1) is 10.8 Å². The van der Waals surface area contributed by atoms with E-state index in [2.05, 4.69) is 0 Å². The van der Waals surface area contributed by atoms with Gasteiger partial charge < -0.3 is 0 Å². The van der Waals surface area contributed by atoms with Crippen LogP contribution in [0.1, 0.15) is 15.9 Å². The fourth-order valence-electron chi connectivity index (χ4n) is 1.72. The number of carbonyl (C=O) groups excluding carboxylic acids is 1. The quantitative estimate of drug-likeness (QED) is 0.597. The van der Waals surface area contributed by atoms with Crippen LogP contribution in [0.3, 0.4) is 0 Å². The molecule has 0 N–H and O–H groups in total. The minimum absolute atomic E-state index is 0.0255. The number of thioether (sulfide) groups is 1. The van der Waals surface area contributed by atoms with Gasteiger partial charge in [-0.2, -0.15) is 0 Å². The van der Waals surface area contributed by atoms with Crippen molar-refractivity contribution < 1.29 is 9.18 Å². The lowest BCUT2D eigenvalue weighted by Gasteiger charge is -2.06. The van der Waals surface area contributed by atoms with Crippen molar-refractivity contribution in [2.45, 2.75) is 11.8 Å². The number of rotatable bonds is 4. The molecule has 0 heterocycles. The van der Waals surface area contributed by atoms with Gasteiger partial charge in [0, 0.05) is 10.5 Å². The Morgan fingerprint density at radius 1 is 1.26 bits per heavy atom. The summed E-state index contributed by atoms with van der Waals surface area (Å²) in [4.78, 5) is 12.9. The molecule has 0 aliphatic carbocycles. The van der Waals surface area contributed by atoms with E-state index in [0.717, 1.165) is 4.90 Å². The van der Waals surface area contributed by atoms with Gasteiger partial charge >= 0.3 is 0 Å². The molecule has 0 bridgehead atoms. The maximum atomic E-state index is 13.0. The van der Waals surface area contributed by atoms with E-state index in [9.17, 15) is 9.18 Å². The highest BCUT2D eigenvalue weighted by molar-refractivity contribution is 8.00. The minimum Gasteiger partial charge on any atom is -0.293 e. The average molecular weight is 295 g/mol. The van der Waals surface area contributed by atoms with Crippen molar-refractivity contribution in [2.75, 3.05) is 5.75 Å². The van der Waals surface area contributed by atoms with E-state index < -0.39 is 0 Å². The van der Waals surface area contributed by atoms with Crippen LogP contribution in [0.5, 0.6) is 0 Å². The molecule has 0 saturated carbocycles. The molecule has 0 aliphatic heterocycles. The van der Waals surface area contributed by atoms with E-state index in [1.165, 1.54) is 30.0 Å². The van der Waals surface area contributed by atoms with Crippen LogP contribution in [0, 0.1) is 12.7 Å². The van der Waals surface area contributed by atoms with Gasteiger partial charge in [-0.3, -0.25) is 4.79 Å². The van der Waals surface area contributed by atoms with Crippen molar-refractivity contribution in [2.24, 2.45) is 0 Å². The Hall–Kier alpha value is -1.32. The molecule has 0 radical (unpaired) electrons. The summed E-state index contributed by atoms with van der Waals surface area (Å²) in [5, 5.41) is 0.635. The van der Waals surface area contributed by atoms with E-state index in [-0.39, 0.29) is 17.4 Å². The largest absolute Gasteiger partial charge is 0.293 e. The topological polar surface area (TPSA) is 17.1 Å². The van der Waals surface area contributed by atoms with Crippen LogP contribution in [-0.2, 0) is 0 Å². The Morgan fingerprint density at radius 3 is 2.68 bits per heavy atom. The summed E-state index contributed by atoms with van der Waals surface area (Å²) in [7, 11) is 0. The van der Waals surface area contributed by atoms with Crippen molar-refractivity contribution in [3.8, 4) is 0 Å². The zero-order valence-corrected chi connectivity index (χ0v) is 11.9. The third kappa shape index (κ3) is 3.58. The van der Waals surface area contributed by atoms with E-state index in [0.29, 0.717) is 16.1 Å². The number of aryl methyl sites for hydroxylation is 1. The molecule has 0 spiro atoms. The maximum Gasteiger partial charge on any atom is 0.173 e. The van der Waals surface area contributed by atoms with Crippen LogP contribution in [0.2, 0.25) is 5.02 Å². The Balaban J connectivity index is 2.08. The standard InChI is InChI=1S/C15H12ClFOS/c1-10-8-11(17)6-7-12(10)14(18)9-19-15-5-3-2-4-13(15)16/h2-8H,9H2,1H3. The first-order chi connectivity index (χ1) is 9.08. The van der Waals surface area contributed by atoms with Gasteiger partial charge in [-0.1, -0.05) is 23.7 Å². The molecular weight excluding hydrogens is 283 g/mol. The molecule has 98 valence electrons. The highest BCUT2D eigenvalue weighted by Gasteiger charge is 2.11. The fraction of sp³-hybridized carbons (Fsp3) is 0.133. The molecule has 0 amide bonds. The van der Waals surface area contributed by atoms with Gasteiger partial charge in [-0.25, -0.2) is 4.39 Å². The molecule has 0 aromatic heterocycles. The second-order valence-corrected chi connectivity index (χ2v) is 5.53. The summed E-state index contributed by atoms with van der Waals surface area (Å²) in [6.07, 6.45) is 0. The molecule has 0 fully saturated rings.